The standard InChI is InChI=1S/C14H20ClFN2O2/c1-3-20-8-4-7-17-14(19)18-10(2)11-5-6-13(16)12(15)9-11/h5-6,9-10H,3-4,7-8H2,1-2H3,(H2,17,18,19). The Balaban J connectivity index is 2.35. The molecule has 0 aromatic heterocycles. The van der Waals surface area contributed by atoms with Crippen LogP contribution < -0.4 is 10.6 Å². The van der Waals surface area contributed by atoms with Gasteiger partial charge in [-0.1, -0.05) is 17.7 Å². The third-order valence-corrected chi connectivity index (χ3v) is 3.04. The quantitative estimate of drug-likeness (QED) is 0.760. The molecule has 0 bridgehead atoms. The van der Waals surface area contributed by atoms with Crippen molar-refractivity contribution in [3.05, 3.63) is 34.6 Å². The third kappa shape index (κ3) is 5.75. The Bertz CT molecular complexity index is 443. The molecule has 2 N–H and O–H groups in total. The van der Waals surface area contributed by atoms with E-state index in [1.807, 2.05) is 13.8 Å². The van der Waals surface area contributed by atoms with E-state index in [-0.39, 0.29) is 17.1 Å². The lowest BCUT2D eigenvalue weighted by atomic mass is 10.1. The van der Waals surface area contributed by atoms with E-state index < -0.39 is 5.82 Å². The van der Waals surface area contributed by atoms with E-state index in [0.29, 0.717) is 19.8 Å². The van der Waals surface area contributed by atoms with Crippen molar-refractivity contribution in [1.82, 2.24) is 10.6 Å². The van der Waals surface area contributed by atoms with Gasteiger partial charge in [-0.3, -0.25) is 0 Å². The lowest BCUT2D eigenvalue weighted by Gasteiger charge is -2.15. The third-order valence-electron chi connectivity index (χ3n) is 2.75. The van der Waals surface area contributed by atoms with Crippen LogP contribution in [0, 0.1) is 5.82 Å². The van der Waals surface area contributed by atoms with Gasteiger partial charge < -0.3 is 15.4 Å². The molecule has 0 heterocycles. The molecule has 0 saturated carbocycles. The van der Waals surface area contributed by atoms with Crippen molar-refractivity contribution in [1.29, 1.82) is 0 Å². The van der Waals surface area contributed by atoms with Gasteiger partial charge in [-0.2, -0.15) is 0 Å². The number of amides is 2. The van der Waals surface area contributed by atoms with Crippen LogP contribution in [0.1, 0.15) is 31.9 Å². The average Bonchev–Trinajstić information content (AvgIpc) is 2.41. The summed E-state index contributed by atoms with van der Waals surface area (Å²) in [6, 6.07) is 3.88. The van der Waals surface area contributed by atoms with Crippen molar-refractivity contribution in [2.75, 3.05) is 19.8 Å². The zero-order valence-corrected chi connectivity index (χ0v) is 12.5. The van der Waals surface area contributed by atoms with Gasteiger partial charge in [0.1, 0.15) is 5.82 Å². The van der Waals surface area contributed by atoms with Crippen LogP contribution in [0.25, 0.3) is 0 Å². The highest BCUT2D eigenvalue weighted by atomic mass is 35.5. The number of hydrogen-bond acceptors (Lipinski definition) is 2. The summed E-state index contributed by atoms with van der Waals surface area (Å²) in [7, 11) is 0. The van der Waals surface area contributed by atoms with Crippen molar-refractivity contribution in [3.63, 3.8) is 0 Å². The van der Waals surface area contributed by atoms with E-state index in [1.165, 1.54) is 12.1 Å². The van der Waals surface area contributed by atoms with E-state index in [4.69, 9.17) is 16.3 Å². The Morgan fingerprint density at radius 3 is 2.90 bits per heavy atom. The lowest BCUT2D eigenvalue weighted by molar-refractivity contribution is 0.145. The fraction of sp³-hybridized carbons (Fsp3) is 0.500. The fourth-order valence-electron chi connectivity index (χ4n) is 1.63. The van der Waals surface area contributed by atoms with Gasteiger partial charge in [-0.05, 0) is 38.0 Å². The smallest absolute Gasteiger partial charge is 0.315 e. The second-order valence-corrected chi connectivity index (χ2v) is 4.75. The molecule has 4 nitrogen and oxygen atoms in total. The highest BCUT2D eigenvalue weighted by molar-refractivity contribution is 6.30. The number of hydrogen-bond donors (Lipinski definition) is 2. The molecule has 0 aliphatic carbocycles. The van der Waals surface area contributed by atoms with Crippen molar-refractivity contribution in [3.8, 4) is 0 Å². The topological polar surface area (TPSA) is 50.4 Å². The monoisotopic (exact) mass is 302 g/mol. The predicted molar refractivity (Wildman–Crippen MR) is 77.5 cm³/mol. The van der Waals surface area contributed by atoms with Crippen LogP contribution in [0.2, 0.25) is 5.02 Å². The summed E-state index contributed by atoms with van der Waals surface area (Å²) in [4.78, 5) is 11.6. The highest BCUT2D eigenvalue weighted by Crippen LogP contribution is 2.20. The average molecular weight is 303 g/mol. The van der Waals surface area contributed by atoms with Gasteiger partial charge in [0.2, 0.25) is 0 Å². The van der Waals surface area contributed by atoms with Crippen LogP contribution in [0.5, 0.6) is 0 Å². The van der Waals surface area contributed by atoms with Crippen molar-refractivity contribution < 1.29 is 13.9 Å². The Labute approximate surface area is 123 Å². The molecule has 2 amide bonds. The van der Waals surface area contributed by atoms with Gasteiger partial charge >= 0.3 is 6.03 Å². The first-order valence-electron chi connectivity index (χ1n) is 6.61. The van der Waals surface area contributed by atoms with Crippen LogP contribution >= 0.6 is 11.6 Å². The molecule has 20 heavy (non-hydrogen) atoms. The van der Waals surface area contributed by atoms with Crippen LogP contribution in [0.4, 0.5) is 9.18 Å². The van der Waals surface area contributed by atoms with E-state index in [0.717, 1.165) is 12.0 Å². The van der Waals surface area contributed by atoms with Gasteiger partial charge in [-0.25, -0.2) is 9.18 Å². The predicted octanol–water partition coefficient (Wildman–Crippen LogP) is 3.27. The first-order valence-corrected chi connectivity index (χ1v) is 6.99. The molecule has 1 aromatic carbocycles. The number of ether oxygens (including phenoxy) is 1. The van der Waals surface area contributed by atoms with Gasteiger partial charge in [-0.15, -0.1) is 0 Å². The molecular weight excluding hydrogens is 283 g/mol. The number of carbonyl (C=O) groups is 1. The largest absolute Gasteiger partial charge is 0.382 e. The van der Waals surface area contributed by atoms with Crippen molar-refractivity contribution in [2.45, 2.75) is 26.3 Å². The molecule has 0 radical (unpaired) electrons. The van der Waals surface area contributed by atoms with Crippen LogP contribution in [-0.4, -0.2) is 25.8 Å². The number of nitrogens with one attached hydrogen (secondary N) is 2. The summed E-state index contributed by atoms with van der Waals surface area (Å²) in [5, 5.41) is 5.54. The van der Waals surface area contributed by atoms with Gasteiger partial charge in [0.25, 0.3) is 0 Å². The molecule has 0 spiro atoms. The fourth-order valence-corrected chi connectivity index (χ4v) is 1.82. The zero-order chi connectivity index (χ0) is 15.0. The van der Waals surface area contributed by atoms with Crippen LogP contribution in [0.3, 0.4) is 0 Å². The minimum atomic E-state index is -0.469. The summed E-state index contributed by atoms with van der Waals surface area (Å²) in [6.45, 7) is 5.58. The van der Waals surface area contributed by atoms with Crippen LogP contribution in [0.15, 0.2) is 18.2 Å². The van der Waals surface area contributed by atoms with Gasteiger partial charge in [0, 0.05) is 19.8 Å². The minimum absolute atomic E-state index is 0.0493. The number of urea groups is 1. The molecule has 0 fully saturated rings. The van der Waals surface area contributed by atoms with E-state index >= 15 is 0 Å². The van der Waals surface area contributed by atoms with Crippen molar-refractivity contribution >= 4 is 17.6 Å². The van der Waals surface area contributed by atoms with Crippen LogP contribution in [-0.2, 0) is 4.74 Å². The summed E-state index contributed by atoms with van der Waals surface area (Å²) in [6.07, 6.45) is 0.762. The first-order chi connectivity index (χ1) is 9.54. The molecule has 1 rings (SSSR count). The Hall–Kier alpha value is -1.33. The molecule has 0 aliphatic rings. The summed E-state index contributed by atoms with van der Waals surface area (Å²) in [5.41, 5.74) is 0.751. The molecule has 1 atom stereocenters. The summed E-state index contributed by atoms with van der Waals surface area (Å²) >= 11 is 5.71. The van der Waals surface area contributed by atoms with E-state index in [9.17, 15) is 9.18 Å². The molecule has 6 heteroatoms. The number of carbonyl (C=O) groups excluding carboxylic acids is 1. The Kier molecular flexibility index (Phi) is 7.33. The van der Waals surface area contributed by atoms with E-state index in [1.54, 1.807) is 6.07 Å². The molecule has 0 aliphatic heterocycles. The zero-order valence-electron chi connectivity index (χ0n) is 11.7. The van der Waals surface area contributed by atoms with Gasteiger partial charge in [0.15, 0.2) is 0 Å². The Morgan fingerprint density at radius 2 is 2.25 bits per heavy atom. The van der Waals surface area contributed by atoms with Gasteiger partial charge in [0.05, 0.1) is 11.1 Å². The normalized spacial score (nSPS) is 12.0. The summed E-state index contributed by atoms with van der Waals surface area (Å²) in [5.74, 6) is -0.469. The van der Waals surface area contributed by atoms with E-state index in [2.05, 4.69) is 10.6 Å². The summed E-state index contributed by atoms with van der Waals surface area (Å²) < 4.78 is 18.2. The Morgan fingerprint density at radius 1 is 1.50 bits per heavy atom. The lowest BCUT2D eigenvalue weighted by Crippen LogP contribution is -2.37. The number of rotatable bonds is 7. The maximum absolute atomic E-state index is 13.0. The number of benzene rings is 1. The maximum Gasteiger partial charge on any atom is 0.315 e. The SMILES string of the molecule is CCOCCCNC(=O)NC(C)c1ccc(F)c(Cl)c1. The molecule has 0 saturated heterocycles. The molecule has 1 aromatic rings. The molecule has 112 valence electrons. The second-order valence-electron chi connectivity index (χ2n) is 4.35. The molecule has 1 unspecified atom stereocenters. The minimum Gasteiger partial charge on any atom is -0.382 e. The number of halogens is 2. The highest BCUT2D eigenvalue weighted by Gasteiger charge is 2.10. The molecular formula is C14H20ClFN2O2. The second kappa shape index (κ2) is 8.76. The van der Waals surface area contributed by atoms with Crippen molar-refractivity contribution in [2.24, 2.45) is 0 Å². The first kappa shape index (κ1) is 16.7. The maximum atomic E-state index is 13.0.